The topological polar surface area (TPSA) is 87.5 Å². The SMILES string of the molecule is Cc1noc(-c2ncn3c2Cc2c(C)nnn2-c2cc(I)ccc2-3)n1. The fourth-order valence-electron chi connectivity index (χ4n) is 3.12. The number of aryl methyl sites for hydroxylation is 2. The largest absolute Gasteiger partial charge is 0.332 e. The highest BCUT2D eigenvalue weighted by Crippen LogP contribution is 2.33. The predicted molar refractivity (Wildman–Crippen MR) is 96.8 cm³/mol. The highest BCUT2D eigenvalue weighted by molar-refractivity contribution is 14.1. The molecule has 0 bridgehead atoms. The van der Waals surface area contributed by atoms with Gasteiger partial charge in [-0.25, -0.2) is 9.67 Å². The second-order valence-corrected chi connectivity index (χ2v) is 7.15. The minimum Gasteiger partial charge on any atom is -0.332 e. The Morgan fingerprint density at radius 2 is 2.04 bits per heavy atom. The molecule has 1 aliphatic rings. The summed E-state index contributed by atoms with van der Waals surface area (Å²) in [7, 11) is 0. The number of benzene rings is 1. The van der Waals surface area contributed by atoms with E-state index in [4.69, 9.17) is 4.52 Å². The van der Waals surface area contributed by atoms with Gasteiger partial charge in [0.2, 0.25) is 0 Å². The summed E-state index contributed by atoms with van der Waals surface area (Å²) in [6.07, 6.45) is 2.42. The van der Waals surface area contributed by atoms with Crippen LogP contribution in [0.15, 0.2) is 29.0 Å². The maximum Gasteiger partial charge on any atom is 0.278 e. The number of aromatic nitrogens is 7. The molecule has 8 nitrogen and oxygen atoms in total. The fourth-order valence-corrected chi connectivity index (χ4v) is 3.60. The minimum atomic E-state index is 0.428. The van der Waals surface area contributed by atoms with Crippen molar-refractivity contribution in [1.29, 1.82) is 0 Å². The molecule has 0 N–H and O–H groups in total. The van der Waals surface area contributed by atoms with Crippen molar-refractivity contribution in [1.82, 2.24) is 34.7 Å². The molecule has 0 saturated heterocycles. The standard InChI is InChI=1S/C16H12IN7O/c1-8-12-6-14-15(16-19-9(2)21-25-16)18-7-23(14)11-4-3-10(17)5-13(11)24(12)22-20-8/h3-5,7H,6H2,1-2H3. The highest BCUT2D eigenvalue weighted by Gasteiger charge is 2.27. The van der Waals surface area contributed by atoms with Crippen LogP contribution >= 0.6 is 22.6 Å². The molecular formula is C16H12IN7O. The molecule has 0 fully saturated rings. The van der Waals surface area contributed by atoms with Gasteiger partial charge in [0.05, 0.1) is 28.5 Å². The van der Waals surface area contributed by atoms with E-state index in [1.807, 2.05) is 11.6 Å². The second-order valence-electron chi connectivity index (χ2n) is 5.90. The number of halogens is 1. The molecule has 0 spiro atoms. The van der Waals surface area contributed by atoms with Crippen molar-refractivity contribution in [2.24, 2.45) is 0 Å². The fraction of sp³-hybridized carbons (Fsp3) is 0.188. The van der Waals surface area contributed by atoms with Gasteiger partial charge in [0.15, 0.2) is 11.5 Å². The monoisotopic (exact) mass is 445 g/mol. The molecule has 124 valence electrons. The first-order valence-corrected chi connectivity index (χ1v) is 8.78. The number of imidazole rings is 1. The summed E-state index contributed by atoms with van der Waals surface area (Å²) in [5, 5.41) is 12.5. The number of hydrogen-bond acceptors (Lipinski definition) is 6. The van der Waals surface area contributed by atoms with Crippen LogP contribution in [0.25, 0.3) is 23.0 Å². The first kappa shape index (κ1) is 14.8. The maximum absolute atomic E-state index is 5.35. The molecule has 4 aromatic rings. The minimum absolute atomic E-state index is 0.428. The van der Waals surface area contributed by atoms with Crippen LogP contribution in [0.1, 0.15) is 22.9 Å². The molecule has 9 heteroatoms. The van der Waals surface area contributed by atoms with Gasteiger partial charge in [-0.15, -0.1) is 5.10 Å². The van der Waals surface area contributed by atoms with Crippen molar-refractivity contribution in [3.8, 4) is 23.0 Å². The quantitative estimate of drug-likeness (QED) is 0.369. The van der Waals surface area contributed by atoms with E-state index in [9.17, 15) is 0 Å². The van der Waals surface area contributed by atoms with Gasteiger partial charge in [-0.2, -0.15) is 4.98 Å². The molecule has 4 heterocycles. The molecule has 1 aliphatic heterocycles. The molecule has 0 unspecified atom stereocenters. The van der Waals surface area contributed by atoms with Gasteiger partial charge in [-0.1, -0.05) is 10.4 Å². The zero-order valence-electron chi connectivity index (χ0n) is 13.4. The van der Waals surface area contributed by atoms with E-state index in [0.717, 1.165) is 32.0 Å². The molecular weight excluding hydrogens is 433 g/mol. The zero-order valence-corrected chi connectivity index (χ0v) is 15.6. The lowest BCUT2D eigenvalue weighted by molar-refractivity contribution is 0.424. The zero-order chi connectivity index (χ0) is 17.1. The highest BCUT2D eigenvalue weighted by atomic mass is 127. The van der Waals surface area contributed by atoms with Crippen LogP contribution in [0, 0.1) is 17.4 Å². The summed E-state index contributed by atoms with van der Waals surface area (Å²) in [4.78, 5) is 8.88. The van der Waals surface area contributed by atoms with E-state index in [-0.39, 0.29) is 0 Å². The van der Waals surface area contributed by atoms with E-state index < -0.39 is 0 Å². The lowest BCUT2D eigenvalue weighted by Gasteiger charge is -2.10. The molecule has 3 aromatic heterocycles. The first-order chi connectivity index (χ1) is 12.1. The summed E-state index contributed by atoms with van der Waals surface area (Å²) >= 11 is 2.30. The van der Waals surface area contributed by atoms with Crippen molar-refractivity contribution in [2.75, 3.05) is 0 Å². The average Bonchev–Trinajstić information content (AvgIpc) is 3.26. The van der Waals surface area contributed by atoms with E-state index in [0.29, 0.717) is 23.8 Å². The number of nitrogens with zero attached hydrogens (tertiary/aromatic N) is 7. The van der Waals surface area contributed by atoms with Gasteiger partial charge in [0.1, 0.15) is 6.33 Å². The number of fused-ring (bicyclic) bond motifs is 5. The number of rotatable bonds is 1. The van der Waals surface area contributed by atoms with Crippen LogP contribution in [0.4, 0.5) is 0 Å². The summed E-state index contributed by atoms with van der Waals surface area (Å²) in [6.45, 7) is 3.76. The van der Waals surface area contributed by atoms with E-state index in [1.54, 1.807) is 13.3 Å². The van der Waals surface area contributed by atoms with E-state index >= 15 is 0 Å². The summed E-state index contributed by atoms with van der Waals surface area (Å²) in [5.74, 6) is 1.01. The van der Waals surface area contributed by atoms with Gasteiger partial charge >= 0.3 is 0 Å². The third-order valence-corrected chi connectivity index (χ3v) is 4.99. The van der Waals surface area contributed by atoms with Gasteiger partial charge in [0.25, 0.3) is 5.89 Å². The third-order valence-electron chi connectivity index (χ3n) is 4.31. The molecule has 0 aliphatic carbocycles. The van der Waals surface area contributed by atoms with Gasteiger partial charge < -0.3 is 4.52 Å². The van der Waals surface area contributed by atoms with Crippen molar-refractivity contribution >= 4 is 22.6 Å². The van der Waals surface area contributed by atoms with Crippen molar-refractivity contribution in [2.45, 2.75) is 20.3 Å². The van der Waals surface area contributed by atoms with Crippen LogP contribution in [-0.4, -0.2) is 34.7 Å². The Morgan fingerprint density at radius 1 is 1.16 bits per heavy atom. The Hall–Kier alpha value is -2.56. The Morgan fingerprint density at radius 3 is 2.84 bits per heavy atom. The maximum atomic E-state index is 5.35. The van der Waals surface area contributed by atoms with E-state index in [1.165, 1.54) is 0 Å². The molecule has 25 heavy (non-hydrogen) atoms. The molecule has 0 atom stereocenters. The smallest absolute Gasteiger partial charge is 0.278 e. The third kappa shape index (κ3) is 2.15. The van der Waals surface area contributed by atoms with E-state index in [2.05, 4.69) is 70.8 Å². The van der Waals surface area contributed by atoms with Crippen LogP contribution in [0.3, 0.4) is 0 Å². The lowest BCUT2D eigenvalue weighted by Crippen LogP contribution is -2.03. The summed E-state index contributed by atoms with van der Waals surface area (Å²) < 4.78 is 10.4. The molecule has 0 saturated carbocycles. The Bertz CT molecular complexity index is 1120. The Balaban J connectivity index is 1.83. The normalized spacial score (nSPS) is 12.4. The first-order valence-electron chi connectivity index (χ1n) is 7.70. The summed E-state index contributed by atoms with van der Waals surface area (Å²) in [6, 6.07) is 6.23. The second kappa shape index (κ2) is 5.22. The molecule has 5 rings (SSSR count). The van der Waals surface area contributed by atoms with Crippen LogP contribution in [0.2, 0.25) is 0 Å². The molecule has 1 aromatic carbocycles. The van der Waals surface area contributed by atoms with Gasteiger partial charge in [-0.05, 0) is 54.6 Å². The van der Waals surface area contributed by atoms with Crippen LogP contribution in [0.5, 0.6) is 0 Å². The van der Waals surface area contributed by atoms with Crippen LogP contribution < -0.4 is 0 Å². The van der Waals surface area contributed by atoms with Crippen molar-refractivity contribution < 1.29 is 4.52 Å². The number of hydrogen-bond donors (Lipinski definition) is 0. The lowest BCUT2D eigenvalue weighted by atomic mass is 10.1. The van der Waals surface area contributed by atoms with Gasteiger partial charge in [0, 0.05) is 9.99 Å². The Labute approximate surface area is 156 Å². The summed E-state index contributed by atoms with van der Waals surface area (Å²) in [5.41, 5.74) is 5.57. The van der Waals surface area contributed by atoms with Crippen molar-refractivity contribution in [3.05, 3.63) is 51.0 Å². The van der Waals surface area contributed by atoms with Crippen LogP contribution in [-0.2, 0) is 6.42 Å². The molecule has 0 amide bonds. The Kier molecular flexibility index (Phi) is 3.08. The predicted octanol–water partition coefficient (Wildman–Crippen LogP) is 2.63. The van der Waals surface area contributed by atoms with Gasteiger partial charge in [-0.3, -0.25) is 4.57 Å². The van der Waals surface area contributed by atoms with Crippen molar-refractivity contribution in [3.63, 3.8) is 0 Å². The molecule has 0 radical (unpaired) electrons. The average molecular weight is 445 g/mol.